The summed E-state index contributed by atoms with van der Waals surface area (Å²) in [6.07, 6.45) is 5.05. The van der Waals surface area contributed by atoms with Crippen LogP contribution in [0.5, 0.6) is 0 Å². The zero-order valence-electron chi connectivity index (χ0n) is 11.9. The molecule has 4 heteroatoms. The normalized spacial score (nSPS) is 38.8. The van der Waals surface area contributed by atoms with Gasteiger partial charge in [0, 0.05) is 32.3 Å². The summed E-state index contributed by atoms with van der Waals surface area (Å²) in [4.78, 5) is 2.62. The summed E-state index contributed by atoms with van der Waals surface area (Å²) in [5.74, 6) is 0.672. The number of piperidine rings is 1. The predicted molar refractivity (Wildman–Crippen MR) is 72.6 cm³/mol. The maximum absolute atomic E-state index is 6.12. The van der Waals surface area contributed by atoms with Gasteiger partial charge in [-0.1, -0.05) is 0 Å². The lowest BCUT2D eigenvalue weighted by molar-refractivity contribution is -0.0783. The molecule has 0 aromatic rings. The summed E-state index contributed by atoms with van der Waals surface area (Å²) in [6.45, 7) is 6.97. The van der Waals surface area contributed by atoms with Gasteiger partial charge in [0.25, 0.3) is 0 Å². The fraction of sp³-hybridized carbons (Fsp3) is 1.00. The number of likely N-dealkylation sites (tertiary alicyclic amines) is 1. The number of hydrogen-bond acceptors (Lipinski definition) is 4. The molecule has 0 aromatic heterocycles. The fourth-order valence-electron chi connectivity index (χ4n) is 3.62. The summed E-state index contributed by atoms with van der Waals surface area (Å²) in [5, 5.41) is 0. The van der Waals surface area contributed by atoms with Crippen molar-refractivity contribution in [3.05, 3.63) is 0 Å². The highest BCUT2D eigenvalue weighted by Crippen LogP contribution is 2.33. The molecule has 4 nitrogen and oxygen atoms in total. The van der Waals surface area contributed by atoms with E-state index in [1.807, 2.05) is 0 Å². The van der Waals surface area contributed by atoms with Gasteiger partial charge in [-0.25, -0.2) is 0 Å². The van der Waals surface area contributed by atoms with E-state index >= 15 is 0 Å². The van der Waals surface area contributed by atoms with Crippen LogP contribution in [0, 0.1) is 5.92 Å². The van der Waals surface area contributed by atoms with Gasteiger partial charge in [-0.05, 0) is 45.1 Å². The van der Waals surface area contributed by atoms with Crippen molar-refractivity contribution in [2.45, 2.75) is 44.2 Å². The summed E-state index contributed by atoms with van der Waals surface area (Å²) in [7, 11) is 1.80. The topological polar surface area (TPSA) is 47.7 Å². The number of nitrogens with two attached hydrogens (primary N) is 1. The molecule has 2 N–H and O–H groups in total. The molecule has 2 heterocycles. The Hall–Kier alpha value is -0.160. The Kier molecular flexibility index (Phi) is 5.01. The maximum atomic E-state index is 6.12. The van der Waals surface area contributed by atoms with Crippen molar-refractivity contribution in [3.63, 3.8) is 0 Å². The standard InChI is InChI=1S/C14H28N2O2/c1-12-8-14(11-15,5-7-18-12)16-6-3-4-13(9-16)10-17-2/h12-13H,3-11,15H2,1-2H3. The third-order valence-electron chi connectivity index (χ3n) is 4.61. The predicted octanol–water partition coefficient (Wildman–Crippen LogP) is 1.24. The number of hydrogen-bond donors (Lipinski definition) is 1. The summed E-state index contributed by atoms with van der Waals surface area (Å²) in [5.41, 5.74) is 6.29. The summed E-state index contributed by atoms with van der Waals surface area (Å²) in [6, 6.07) is 0. The average Bonchev–Trinajstić information content (AvgIpc) is 2.39. The zero-order chi connectivity index (χ0) is 13.0. The Bertz CT molecular complexity index is 260. The molecule has 0 radical (unpaired) electrons. The lowest BCUT2D eigenvalue weighted by Crippen LogP contribution is -2.60. The first-order valence-corrected chi connectivity index (χ1v) is 7.26. The van der Waals surface area contributed by atoms with Crippen LogP contribution in [0.2, 0.25) is 0 Å². The van der Waals surface area contributed by atoms with Crippen LogP contribution in [0.4, 0.5) is 0 Å². The van der Waals surface area contributed by atoms with E-state index < -0.39 is 0 Å². The second-order valence-electron chi connectivity index (χ2n) is 5.97. The van der Waals surface area contributed by atoms with Crippen molar-refractivity contribution in [3.8, 4) is 0 Å². The van der Waals surface area contributed by atoms with Crippen LogP contribution in [0.15, 0.2) is 0 Å². The monoisotopic (exact) mass is 256 g/mol. The van der Waals surface area contributed by atoms with Crippen molar-refractivity contribution in [2.75, 3.05) is 40.0 Å². The Morgan fingerprint density at radius 2 is 2.33 bits per heavy atom. The number of ether oxygens (including phenoxy) is 2. The Labute approximate surface area is 111 Å². The molecule has 18 heavy (non-hydrogen) atoms. The second kappa shape index (κ2) is 6.33. The minimum absolute atomic E-state index is 0.171. The molecular weight excluding hydrogens is 228 g/mol. The number of rotatable bonds is 4. The minimum atomic E-state index is 0.171. The highest BCUT2D eigenvalue weighted by molar-refractivity contribution is 4.97. The first-order valence-electron chi connectivity index (χ1n) is 7.26. The van der Waals surface area contributed by atoms with Crippen LogP contribution in [0.3, 0.4) is 0 Å². The van der Waals surface area contributed by atoms with Crippen molar-refractivity contribution in [1.82, 2.24) is 4.90 Å². The molecular formula is C14H28N2O2. The highest BCUT2D eigenvalue weighted by Gasteiger charge is 2.41. The van der Waals surface area contributed by atoms with Crippen LogP contribution >= 0.6 is 0 Å². The lowest BCUT2D eigenvalue weighted by atomic mass is 9.82. The van der Waals surface area contributed by atoms with E-state index in [4.69, 9.17) is 15.2 Å². The third-order valence-corrected chi connectivity index (χ3v) is 4.61. The molecule has 2 rings (SSSR count). The largest absolute Gasteiger partial charge is 0.384 e. The van der Waals surface area contributed by atoms with Gasteiger partial charge in [0.2, 0.25) is 0 Å². The Balaban J connectivity index is 2.02. The molecule has 0 saturated carbocycles. The van der Waals surface area contributed by atoms with Gasteiger partial charge in [0.15, 0.2) is 0 Å². The molecule has 2 saturated heterocycles. The molecule has 106 valence electrons. The molecule has 0 bridgehead atoms. The van der Waals surface area contributed by atoms with Gasteiger partial charge in [-0.2, -0.15) is 0 Å². The molecule has 0 amide bonds. The number of methoxy groups -OCH3 is 1. The van der Waals surface area contributed by atoms with Crippen molar-refractivity contribution >= 4 is 0 Å². The SMILES string of the molecule is COCC1CCCN(C2(CN)CCOC(C)C2)C1. The van der Waals surface area contributed by atoms with Gasteiger partial charge >= 0.3 is 0 Å². The van der Waals surface area contributed by atoms with Crippen molar-refractivity contribution < 1.29 is 9.47 Å². The summed E-state index contributed by atoms with van der Waals surface area (Å²) < 4.78 is 11.0. The van der Waals surface area contributed by atoms with Crippen molar-refractivity contribution in [1.29, 1.82) is 0 Å². The quantitative estimate of drug-likeness (QED) is 0.822. The summed E-state index contributed by atoms with van der Waals surface area (Å²) >= 11 is 0. The van der Waals surface area contributed by atoms with Crippen LogP contribution in [-0.4, -0.2) is 56.5 Å². The van der Waals surface area contributed by atoms with E-state index in [9.17, 15) is 0 Å². The fourth-order valence-corrected chi connectivity index (χ4v) is 3.62. The van der Waals surface area contributed by atoms with Crippen LogP contribution in [-0.2, 0) is 9.47 Å². The van der Waals surface area contributed by atoms with Crippen LogP contribution < -0.4 is 5.73 Å². The van der Waals surface area contributed by atoms with Gasteiger partial charge in [0.05, 0.1) is 12.7 Å². The van der Waals surface area contributed by atoms with E-state index in [-0.39, 0.29) is 5.54 Å². The zero-order valence-corrected chi connectivity index (χ0v) is 11.9. The van der Waals surface area contributed by atoms with E-state index in [0.29, 0.717) is 12.0 Å². The molecule has 0 aliphatic carbocycles. The van der Waals surface area contributed by atoms with Crippen molar-refractivity contribution in [2.24, 2.45) is 11.7 Å². The van der Waals surface area contributed by atoms with E-state index in [2.05, 4.69) is 11.8 Å². The van der Waals surface area contributed by atoms with Gasteiger partial charge in [-0.3, -0.25) is 4.90 Å². The Morgan fingerprint density at radius 3 is 3.00 bits per heavy atom. The Morgan fingerprint density at radius 1 is 1.50 bits per heavy atom. The smallest absolute Gasteiger partial charge is 0.0565 e. The second-order valence-corrected chi connectivity index (χ2v) is 5.97. The molecule has 3 atom stereocenters. The first kappa shape index (κ1) is 14.3. The first-order chi connectivity index (χ1) is 8.70. The third kappa shape index (κ3) is 3.05. The average molecular weight is 256 g/mol. The van der Waals surface area contributed by atoms with Gasteiger partial charge in [-0.15, -0.1) is 0 Å². The molecule has 2 aliphatic rings. The molecule has 0 spiro atoms. The lowest BCUT2D eigenvalue weighted by Gasteiger charge is -2.50. The van der Waals surface area contributed by atoms with Gasteiger partial charge < -0.3 is 15.2 Å². The molecule has 2 fully saturated rings. The van der Waals surface area contributed by atoms with E-state index in [1.165, 1.54) is 19.4 Å². The van der Waals surface area contributed by atoms with Crippen LogP contribution in [0.25, 0.3) is 0 Å². The maximum Gasteiger partial charge on any atom is 0.0565 e. The van der Waals surface area contributed by atoms with Crippen LogP contribution in [0.1, 0.15) is 32.6 Å². The minimum Gasteiger partial charge on any atom is -0.384 e. The highest BCUT2D eigenvalue weighted by atomic mass is 16.5. The molecule has 0 aromatic carbocycles. The molecule has 3 unspecified atom stereocenters. The van der Waals surface area contributed by atoms with E-state index in [0.717, 1.165) is 39.1 Å². The van der Waals surface area contributed by atoms with Gasteiger partial charge in [0.1, 0.15) is 0 Å². The van der Waals surface area contributed by atoms with E-state index in [1.54, 1.807) is 7.11 Å². The molecule has 2 aliphatic heterocycles. The number of nitrogens with zero attached hydrogens (tertiary/aromatic N) is 1.